The van der Waals surface area contributed by atoms with Crippen LogP contribution < -0.4 is 15.8 Å². The van der Waals surface area contributed by atoms with E-state index in [2.05, 4.69) is 10.4 Å². The summed E-state index contributed by atoms with van der Waals surface area (Å²) >= 11 is 4.94. The highest BCUT2D eigenvalue weighted by Crippen LogP contribution is 2.18. The first-order chi connectivity index (χ1) is 9.97. The number of carbonyl (C=O) groups excluding carboxylic acids is 1. The van der Waals surface area contributed by atoms with E-state index in [4.69, 9.17) is 22.7 Å². The number of nitrogens with zero attached hydrogens (tertiary/aromatic N) is 2. The molecule has 1 aromatic heterocycles. The van der Waals surface area contributed by atoms with Gasteiger partial charge >= 0.3 is 0 Å². The molecule has 0 atom stereocenters. The predicted molar refractivity (Wildman–Crippen MR) is 84.4 cm³/mol. The first-order valence-electron chi connectivity index (χ1n) is 6.29. The summed E-state index contributed by atoms with van der Waals surface area (Å²) < 4.78 is 7.11. The molecular weight excluding hydrogens is 288 g/mol. The predicted octanol–water partition coefficient (Wildman–Crippen LogP) is 1.38. The second kappa shape index (κ2) is 6.36. The molecule has 0 radical (unpaired) electrons. The molecule has 0 spiro atoms. The number of aromatic nitrogens is 2. The molecule has 1 aromatic carbocycles. The topological polar surface area (TPSA) is 82.2 Å². The van der Waals surface area contributed by atoms with Crippen LogP contribution in [0.1, 0.15) is 11.3 Å². The number of para-hydroxylation sites is 1. The fourth-order valence-corrected chi connectivity index (χ4v) is 2.02. The molecule has 0 aliphatic rings. The molecule has 7 heteroatoms. The van der Waals surface area contributed by atoms with E-state index in [9.17, 15) is 4.79 Å². The summed E-state index contributed by atoms with van der Waals surface area (Å²) in [7, 11) is 1.79. The Balaban J connectivity index is 1.99. The van der Waals surface area contributed by atoms with Gasteiger partial charge in [0.2, 0.25) is 0 Å². The smallest absolute Gasteiger partial charge is 0.262 e. The van der Waals surface area contributed by atoms with Crippen molar-refractivity contribution in [3.8, 4) is 5.75 Å². The molecule has 0 aliphatic carbocycles. The second-order valence-corrected chi connectivity index (χ2v) is 4.94. The van der Waals surface area contributed by atoms with Crippen LogP contribution in [0.2, 0.25) is 0 Å². The van der Waals surface area contributed by atoms with Crippen LogP contribution >= 0.6 is 12.2 Å². The van der Waals surface area contributed by atoms with E-state index < -0.39 is 0 Å². The van der Waals surface area contributed by atoms with Crippen LogP contribution in [-0.4, -0.2) is 27.3 Å². The van der Waals surface area contributed by atoms with E-state index in [0.29, 0.717) is 17.0 Å². The number of carbonyl (C=O) groups is 1. The quantitative estimate of drug-likeness (QED) is 0.816. The van der Waals surface area contributed by atoms with Crippen molar-refractivity contribution in [2.75, 3.05) is 11.9 Å². The van der Waals surface area contributed by atoms with Crippen molar-refractivity contribution in [3.05, 3.63) is 41.7 Å². The molecule has 3 N–H and O–H groups in total. The number of ether oxygens (including phenoxy) is 1. The Morgan fingerprint density at radius 1 is 1.48 bits per heavy atom. The molecule has 0 unspecified atom stereocenters. The average Bonchev–Trinajstić information content (AvgIpc) is 2.74. The normalized spacial score (nSPS) is 10.2. The first-order valence-corrected chi connectivity index (χ1v) is 6.70. The molecule has 0 bridgehead atoms. The zero-order valence-electron chi connectivity index (χ0n) is 11.8. The molecule has 1 amide bonds. The minimum atomic E-state index is -0.274. The molecule has 0 fully saturated rings. The van der Waals surface area contributed by atoms with Crippen LogP contribution in [0.15, 0.2) is 30.5 Å². The Labute approximate surface area is 127 Å². The van der Waals surface area contributed by atoms with Crippen molar-refractivity contribution in [3.63, 3.8) is 0 Å². The number of nitrogens with one attached hydrogen (secondary N) is 1. The summed E-state index contributed by atoms with van der Waals surface area (Å²) in [5.41, 5.74) is 7.62. The lowest BCUT2D eigenvalue weighted by atomic mass is 10.2. The first kappa shape index (κ1) is 15.0. The molecule has 0 saturated heterocycles. The van der Waals surface area contributed by atoms with Gasteiger partial charge in [-0.1, -0.05) is 24.4 Å². The summed E-state index contributed by atoms with van der Waals surface area (Å²) in [5, 5.41) is 6.89. The van der Waals surface area contributed by atoms with Gasteiger partial charge in [-0.25, -0.2) is 0 Å². The van der Waals surface area contributed by atoms with Crippen molar-refractivity contribution >= 4 is 28.8 Å². The van der Waals surface area contributed by atoms with Crippen LogP contribution in [0.25, 0.3) is 0 Å². The van der Waals surface area contributed by atoms with Crippen molar-refractivity contribution < 1.29 is 9.53 Å². The highest BCUT2D eigenvalue weighted by molar-refractivity contribution is 7.80. The molecule has 2 aromatic rings. The number of nitrogens with two attached hydrogens (primary N) is 1. The largest absolute Gasteiger partial charge is 0.483 e. The lowest BCUT2D eigenvalue weighted by Gasteiger charge is -2.10. The molecule has 2 rings (SSSR count). The van der Waals surface area contributed by atoms with Crippen LogP contribution in [0.4, 0.5) is 5.69 Å². The van der Waals surface area contributed by atoms with Gasteiger partial charge in [-0.2, -0.15) is 5.10 Å². The maximum Gasteiger partial charge on any atom is 0.262 e. The Bertz CT molecular complexity index is 681. The van der Waals surface area contributed by atoms with Crippen molar-refractivity contribution in [1.82, 2.24) is 9.78 Å². The van der Waals surface area contributed by atoms with Crippen LogP contribution in [0.5, 0.6) is 5.75 Å². The molecule has 21 heavy (non-hydrogen) atoms. The van der Waals surface area contributed by atoms with Crippen LogP contribution in [0.3, 0.4) is 0 Å². The van der Waals surface area contributed by atoms with Gasteiger partial charge in [0, 0.05) is 13.2 Å². The lowest BCUT2D eigenvalue weighted by Crippen LogP contribution is -2.21. The van der Waals surface area contributed by atoms with Gasteiger partial charge in [0.25, 0.3) is 5.91 Å². The molecular formula is C14H16N4O2S. The van der Waals surface area contributed by atoms with Crippen molar-refractivity contribution in [1.29, 1.82) is 0 Å². The SMILES string of the molecule is Cc1nn(C)cc1NC(=O)COc1ccccc1C(N)=S. The van der Waals surface area contributed by atoms with Gasteiger partial charge in [-0.15, -0.1) is 0 Å². The van der Waals surface area contributed by atoms with Gasteiger partial charge in [-0.05, 0) is 19.1 Å². The fourth-order valence-electron chi connectivity index (χ4n) is 1.85. The maximum atomic E-state index is 11.9. The van der Waals surface area contributed by atoms with Crippen molar-refractivity contribution in [2.24, 2.45) is 12.8 Å². The number of hydrogen-bond donors (Lipinski definition) is 2. The Hall–Kier alpha value is -2.41. The van der Waals surface area contributed by atoms with E-state index >= 15 is 0 Å². The third-order valence-corrected chi connectivity index (χ3v) is 3.02. The lowest BCUT2D eigenvalue weighted by molar-refractivity contribution is -0.118. The van der Waals surface area contributed by atoms with E-state index in [1.54, 1.807) is 42.2 Å². The van der Waals surface area contributed by atoms with Gasteiger partial charge in [0.1, 0.15) is 10.7 Å². The van der Waals surface area contributed by atoms with Crippen molar-refractivity contribution in [2.45, 2.75) is 6.92 Å². The highest BCUT2D eigenvalue weighted by Gasteiger charge is 2.10. The molecule has 110 valence electrons. The standard InChI is InChI=1S/C14H16N4O2S/c1-9-11(7-18(2)17-9)16-13(19)8-20-12-6-4-3-5-10(12)14(15)21/h3-7H,8H2,1-2H3,(H2,15,21)(H,16,19). The van der Waals surface area contributed by atoms with Gasteiger partial charge in [-0.3, -0.25) is 9.48 Å². The minimum absolute atomic E-state index is 0.131. The average molecular weight is 304 g/mol. The number of thiocarbonyl (C=S) groups is 1. The highest BCUT2D eigenvalue weighted by atomic mass is 32.1. The number of aryl methyl sites for hydroxylation is 2. The minimum Gasteiger partial charge on any atom is -0.483 e. The zero-order chi connectivity index (χ0) is 15.4. The Kier molecular flexibility index (Phi) is 4.54. The number of amides is 1. The third kappa shape index (κ3) is 3.79. The van der Waals surface area contributed by atoms with E-state index in [0.717, 1.165) is 5.69 Å². The van der Waals surface area contributed by atoms with E-state index in [1.165, 1.54) is 0 Å². The Morgan fingerprint density at radius 3 is 2.81 bits per heavy atom. The summed E-state index contributed by atoms with van der Waals surface area (Å²) in [6, 6.07) is 7.07. The molecule has 6 nitrogen and oxygen atoms in total. The van der Waals surface area contributed by atoms with E-state index in [-0.39, 0.29) is 17.5 Å². The third-order valence-electron chi connectivity index (χ3n) is 2.80. The summed E-state index contributed by atoms with van der Waals surface area (Å²) in [6.45, 7) is 1.69. The van der Waals surface area contributed by atoms with E-state index in [1.807, 2.05) is 6.92 Å². The molecule has 0 saturated carbocycles. The summed E-state index contributed by atoms with van der Waals surface area (Å²) in [6.07, 6.45) is 1.73. The number of hydrogen-bond acceptors (Lipinski definition) is 4. The van der Waals surface area contributed by atoms with Gasteiger partial charge < -0.3 is 15.8 Å². The monoisotopic (exact) mass is 304 g/mol. The van der Waals surface area contributed by atoms with Crippen LogP contribution in [0, 0.1) is 6.92 Å². The summed E-state index contributed by atoms with van der Waals surface area (Å²) in [5.74, 6) is 0.215. The summed E-state index contributed by atoms with van der Waals surface area (Å²) in [4.78, 5) is 12.1. The number of rotatable bonds is 5. The van der Waals surface area contributed by atoms with Crippen LogP contribution in [-0.2, 0) is 11.8 Å². The Morgan fingerprint density at radius 2 is 2.19 bits per heavy atom. The zero-order valence-corrected chi connectivity index (χ0v) is 12.6. The molecule has 1 heterocycles. The number of benzene rings is 1. The maximum absolute atomic E-state index is 11.9. The number of anilines is 1. The molecule has 0 aliphatic heterocycles. The fraction of sp³-hybridized carbons (Fsp3) is 0.214. The van der Waals surface area contributed by atoms with Gasteiger partial charge in [0.05, 0.1) is 16.9 Å². The second-order valence-electron chi connectivity index (χ2n) is 4.50. The van der Waals surface area contributed by atoms with Gasteiger partial charge in [0.15, 0.2) is 6.61 Å².